The van der Waals surface area contributed by atoms with Crippen molar-refractivity contribution in [3.05, 3.63) is 33.4 Å². The fourth-order valence-electron chi connectivity index (χ4n) is 1.95. The van der Waals surface area contributed by atoms with E-state index in [0.29, 0.717) is 13.2 Å². The topological polar surface area (TPSA) is 50.4 Å². The van der Waals surface area contributed by atoms with Crippen molar-refractivity contribution in [1.82, 2.24) is 10.9 Å². The summed E-state index contributed by atoms with van der Waals surface area (Å²) in [5, 5.41) is 0. The van der Waals surface area contributed by atoms with Gasteiger partial charge in [0.1, 0.15) is 0 Å². The lowest BCUT2D eigenvalue weighted by Crippen LogP contribution is -2.27. The Morgan fingerprint density at radius 1 is 1.47 bits per heavy atom. The fraction of sp³-hybridized carbons (Fsp3) is 0.417. The number of benzene rings is 1. The molecule has 5 heteroatoms. The van der Waals surface area contributed by atoms with Crippen molar-refractivity contribution < 1.29 is 9.53 Å². The highest BCUT2D eigenvalue weighted by molar-refractivity contribution is 14.1. The van der Waals surface area contributed by atoms with Crippen molar-refractivity contribution in [3.8, 4) is 0 Å². The SMILES string of the molecule is CCOC(=O)C1CNNC1c1ccc(I)cc1. The lowest BCUT2D eigenvalue weighted by atomic mass is 9.95. The number of hydrogen-bond acceptors (Lipinski definition) is 4. The van der Waals surface area contributed by atoms with Crippen LogP contribution in [0.25, 0.3) is 0 Å². The minimum absolute atomic E-state index is 0.00829. The third-order valence-electron chi connectivity index (χ3n) is 2.80. The highest BCUT2D eigenvalue weighted by Crippen LogP contribution is 2.26. The van der Waals surface area contributed by atoms with Crippen LogP contribution < -0.4 is 10.9 Å². The molecule has 4 nitrogen and oxygen atoms in total. The first-order valence-corrected chi connectivity index (χ1v) is 6.70. The van der Waals surface area contributed by atoms with E-state index in [1.54, 1.807) is 0 Å². The quantitative estimate of drug-likeness (QED) is 0.645. The number of halogens is 1. The molecule has 2 atom stereocenters. The fourth-order valence-corrected chi connectivity index (χ4v) is 2.31. The minimum atomic E-state index is -0.157. The van der Waals surface area contributed by atoms with Crippen molar-refractivity contribution >= 4 is 28.6 Å². The molecule has 2 unspecified atom stereocenters. The van der Waals surface area contributed by atoms with Gasteiger partial charge >= 0.3 is 5.97 Å². The van der Waals surface area contributed by atoms with Crippen LogP contribution in [0.2, 0.25) is 0 Å². The monoisotopic (exact) mass is 346 g/mol. The third kappa shape index (κ3) is 2.97. The van der Waals surface area contributed by atoms with Gasteiger partial charge in [-0.05, 0) is 47.2 Å². The number of nitrogens with one attached hydrogen (secondary N) is 2. The average Bonchev–Trinajstić information content (AvgIpc) is 2.79. The van der Waals surface area contributed by atoms with Gasteiger partial charge in [0.25, 0.3) is 0 Å². The smallest absolute Gasteiger partial charge is 0.312 e. The Balaban J connectivity index is 2.14. The Kier molecular flexibility index (Phi) is 4.36. The van der Waals surface area contributed by atoms with Gasteiger partial charge < -0.3 is 4.74 Å². The van der Waals surface area contributed by atoms with Crippen LogP contribution in [0, 0.1) is 9.49 Å². The first kappa shape index (κ1) is 12.8. The van der Waals surface area contributed by atoms with Gasteiger partial charge in [-0.2, -0.15) is 0 Å². The molecule has 1 aliphatic rings. The van der Waals surface area contributed by atoms with Crippen LogP contribution in [0.3, 0.4) is 0 Å². The number of rotatable bonds is 3. The highest BCUT2D eigenvalue weighted by Gasteiger charge is 2.34. The molecule has 1 aliphatic heterocycles. The molecule has 1 aromatic carbocycles. The zero-order chi connectivity index (χ0) is 12.3. The summed E-state index contributed by atoms with van der Waals surface area (Å²) in [7, 11) is 0. The highest BCUT2D eigenvalue weighted by atomic mass is 127. The summed E-state index contributed by atoms with van der Waals surface area (Å²) >= 11 is 2.26. The van der Waals surface area contributed by atoms with Crippen molar-refractivity contribution in [2.24, 2.45) is 5.92 Å². The Bertz CT molecular complexity index is 394. The van der Waals surface area contributed by atoms with E-state index in [2.05, 4.69) is 33.4 Å². The predicted octanol–water partition coefficient (Wildman–Crippen LogP) is 1.62. The summed E-state index contributed by atoms with van der Waals surface area (Å²) in [6, 6.07) is 8.15. The zero-order valence-corrected chi connectivity index (χ0v) is 11.7. The molecule has 0 aromatic heterocycles. The van der Waals surface area contributed by atoms with Crippen LogP contribution in [0.4, 0.5) is 0 Å². The van der Waals surface area contributed by atoms with Gasteiger partial charge in [0.05, 0.1) is 18.6 Å². The van der Waals surface area contributed by atoms with Gasteiger partial charge in [-0.15, -0.1) is 0 Å². The Morgan fingerprint density at radius 2 is 2.18 bits per heavy atom. The number of hydrazine groups is 1. The summed E-state index contributed by atoms with van der Waals surface area (Å²) in [4.78, 5) is 11.8. The predicted molar refractivity (Wildman–Crippen MR) is 73.2 cm³/mol. The number of esters is 1. The summed E-state index contributed by atoms with van der Waals surface area (Å²) < 4.78 is 6.27. The number of ether oxygens (including phenoxy) is 1. The van der Waals surface area contributed by atoms with E-state index in [1.807, 2.05) is 31.2 Å². The number of hydrogen-bond donors (Lipinski definition) is 2. The maximum absolute atomic E-state index is 11.8. The maximum Gasteiger partial charge on any atom is 0.312 e. The molecule has 1 fully saturated rings. The molecule has 2 N–H and O–H groups in total. The molecule has 0 radical (unpaired) electrons. The van der Waals surface area contributed by atoms with Crippen molar-refractivity contribution in [2.45, 2.75) is 13.0 Å². The van der Waals surface area contributed by atoms with Crippen molar-refractivity contribution in [1.29, 1.82) is 0 Å². The van der Waals surface area contributed by atoms with Crippen LogP contribution in [0.1, 0.15) is 18.5 Å². The molecule has 17 heavy (non-hydrogen) atoms. The van der Waals surface area contributed by atoms with Gasteiger partial charge in [0.15, 0.2) is 0 Å². The van der Waals surface area contributed by atoms with Gasteiger partial charge in [-0.3, -0.25) is 10.2 Å². The maximum atomic E-state index is 11.8. The summed E-state index contributed by atoms with van der Waals surface area (Å²) in [6.45, 7) is 2.86. The van der Waals surface area contributed by atoms with E-state index < -0.39 is 0 Å². The Morgan fingerprint density at radius 3 is 2.82 bits per heavy atom. The van der Waals surface area contributed by atoms with Crippen LogP contribution in [0.15, 0.2) is 24.3 Å². The van der Waals surface area contributed by atoms with Gasteiger partial charge in [0.2, 0.25) is 0 Å². The normalized spacial score (nSPS) is 23.6. The van der Waals surface area contributed by atoms with E-state index in [9.17, 15) is 4.79 Å². The molecule has 0 saturated carbocycles. The molecule has 92 valence electrons. The molecule has 1 aromatic rings. The van der Waals surface area contributed by atoms with Gasteiger partial charge in [-0.1, -0.05) is 12.1 Å². The van der Waals surface area contributed by atoms with E-state index in [1.165, 1.54) is 3.57 Å². The van der Waals surface area contributed by atoms with Gasteiger partial charge in [0, 0.05) is 10.1 Å². The molecule has 2 rings (SSSR count). The van der Waals surface area contributed by atoms with Crippen LogP contribution >= 0.6 is 22.6 Å². The van der Waals surface area contributed by atoms with Crippen LogP contribution in [-0.2, 0) is 9.53 Å². The Labute approximate surface area is 114 Å². The lowest BCUT2D eigenvalue weighted by Gasteiger charge is -2.17. The van der Waals surface area contributed by atoms with E-state index in [-0.39, 0.29) is 17.9 Å². The van der Waals surface area contributed by atoms with E-state index in [4.69, 9.17) is 4.74 Å². The van der Waals surface area contributed by atoms with E-state index in [0.717, 1.165) is 5.56 Å². The molecular formula is C12H15IN2O2. The van der Waals surface area contributed by atoms with E-state index >= 15 is 0 Å². The largest absolute Gasteiger partial charge is 0.466 e. The second-order valence-electron chi connectivity index (χ2n) is 3.91. The molecule has 0 amide bonds. The number of carbonyl (C=O) groups excluding carboxylic acids is 1. The second kappa shape index (κ2) is 5.79. The lowest BCUT2D eigenvalue weighted by molar-refractivity contribution is -0.147. The molecule has 1 saturated heterocycles. The summed E-state index contributed by atoms with van der Waals surface area (Å²) in [5.74, 6) is -0.302. The summed E-state index contributed by atoms with van der Waals surface area (Å²) in [5.41, 5.74) is 7.26. The summed E-state index contributed by atoms with van der Waals surface area (Å²) in [6.07, 6.45) is 0. The minimum Gasteiger partial charge on any atom is -0.466 e. The number of carbonyl (C=O) groups is 1. The third-order valence-corrected chi connectivity index (χ3v) is 3.52. The second-order valence-corrected chi connectivity index (χ2v) is 5.16. The molecule has 0 spiro atoms. The first-order chi connectivity index (χ1) is 8.22. The van der Waals surface area contributed by atoms with Crippen molar-refractivity contribution in [2.75, 3.05) is 13.2 Å². The average molecular weight is 346 g/mol. The molecule has 0 bridgehead atoms. The standard InChI is InChI=1S/C12H15IN2O2/c1-2-17-12(16)10-7-14-15-11(10)8-3-5-9(13)6-4-8/h3-6,10-11,14-15H,2,7H2,1H3. The van der Waals surface area contributed by atoms with Crippen LogP contribution in [0.5, 0.6) is 0 Å². The first-order valence-electron chi connectivity index (χ1n) is 5.63. The van der Waals surface area contributed by atoms with Gasteiger partial charge in [-0.25, -0.2) is 5.43 Å². The van der Waals surface area contributed by atoms with Crippen molar-refractivity contribution in [3.63, 3.8) is 0 Å². The van der Waals surface area contributed by atoms with Crippen LogP contribution in [-0.4, -0.2) is 19.1 Å². The Hall–Kier alpha value is -0.660. The molecular weight excluding hydrogens is 331 g/mol. The molecule has 0 aliphatic carbocycles. The zero-order valence-electron chi connectivity index (χ0n) is 9.57. The molecule has 1 heterocycles.